The van der Waals surface area contributed by atoms with Gasteiger partial charge in [-0.25, -0.2) is 0 Å². The molecule has 2 rings (SSSR count). The van der Waals surface area contributed by atoms with E-state index in [2.05, 4.69) is 5.32 Å². The Balaban J connectivity index is 2.16. The maximum Gasteiger partial charge on any atom is 0.269 e. The molecule has 1 heterocycles. The van der Waals surface area contributed by atoms with E-state index in [-0.39, 0.29) is 10.6 Å². The van der Waals surface area contributed by atoms with E-state index >= 15 is 0 Å². The fourth-order valence-corrected chi connectivity index (χ4v) is 1.80. The Morgan fingerprint density at radius 3 is 2.57 bits per heavy atom. The molecular formula is C10H12N2O2. The van der Waals surface area contributed by atoms with Crippen LogP contribution in [0.4, 0.5) is 5.69 Å². The highest BCUT2D eigenvalue weighted by Crippen LogP contribution is 2.24. The molecule has 1 fully saturated rings. The molecule has 0 bridgehead atoms. The van der Waals surface area contributed by atoms with E-state index < -0.39 is 0 Å². The Bertz CT molecular complexity index is 328. The molecule has 0 radical (unpaired) electrons. The average molecular weight is 192 g/mol. The van der Waals surface area contributed by atoms with E-state index in [1.54, 1.807) is 12.1 Å². The quantitative estimate of drug-likeness (QED) is 0.576. The third kappa shape index (κ3) is 1.75. The van der Waals surface area contributed by atoms with Crippen LogP contribution < -0.4 is 5.32 Å². The van der Waals surface area contributed by atoms with Crippen molar-refractivity contribution in [1.29, 1.82) is 0 Å². The number of hydrogen-bond donors (Lipinski definition) is 1. The second-order valence-electron chi connectivity index (χ2n) is 3.50. The normalized spacial score (nSPS) is 21.0. The minimum absolute atomic E-state index is 0.159. The van der Waals surface area contributed by atoms with E-state index in [1.165, 1.54) is 6.42 Å². The first kappa shape index (κ1) is 9.15. The predicted octanol–water partition coefficient (Wildman–Crippen LogP) is 2.02. The number of nitrogens with zero attached hydrogens (tertiary/aromatic N) is 1. The van der Waals surface area contributed by atoms with E-state index in [1.807, 2.05) is 12.1 Å². The molecule has 0 spiro atoms. The van der Waals surface area contributed by atoms with Gasteiger partial charge >= 0.3 is 0 Å². The summed E-state index contributed by atoms with van der Waals surface area (Å²) in [5, 5.41) is 13.8. The molecule has 1 atom stereocenters. The fourth-order valence-electron chi connectivity index (χ4n) is 1.80. The first-order chi connectivity index (χ1) is 6.77. The van der Waals surface area contributed by atoms with Crippen LogP contribution in [-0.4, -0.2) is 11.5 Å². The molecule has 0 aromatic heterocycles. The molecule has 1 saturated heterocycles. The molecule has 1 aromatic carbocycles. The zero-order chi connectivity index (χ0) is 9.97. The van der Waals surface area contributed by atoms with Gasteiger partial charge in [0.15, 0.2) is 0 Å². The van der Waals surface area contributed by atoms with Crippen molar-refractivity contribution in [2.24, 2.45) is 0 Å². The van der Waals surface area contributed by atoms with E-state index in [9.17, 15) is 10.1 Å². The topological polar surface area (TPSA) is 55.2 Å². The molecule has 1 aliphatic rings. The highest BCUT2D eigenvalue weighted by Gasteiger charge is 2.16. The Morgan fingerprint density at radius 2 is 2.07 bits per heavy atom. The van der Waals surface area contributed by atoms with Crippen molar-refractivity contribution in [3.8, 4) is 0 Å². The zero-order valence-electron chi connectivity index (χ0n) is 7.77. The molecule has 0 amide bonds. The largest absolute Gasteiger partial charge is 0.310 e. The standard InChI is InChI=1S/C10H12N2O2/c13-12(14)9-5-3-8(4-6-9)10-2-1-7-11-10/h3-6,10-11H,1-2,7H2. The van der Waals surface area contributed by atoms with Gasteiger partial charge in [0, 0.05) is 18.2 Å². The fraction of sp³-hybridized carbons (Fsp3) is 0.400. The molecule has 1 aliphatic heterocycles. The Morgan fingerprint density at radius 1 is 1.36 bits per heavy atom. The average Bonchev–Trinajstić information content (AvgIpc) is 2.71. The van der Waals surface area contributed by atoms with Gasteiger partial charge in [-0.3, -0.25) is 10.1 Å². The highest BCUT2D eigenvalue weighted by molar-refractivity contribution is 5.34. The SMILES string of the molecule is O=[N+]([O-])c1ccc(C2CCCN2)cc1. The van der Waals surface area contributed by atoms with Gasteiger partial charge in [0.25, 0.3) is 5.69 Å². The monoisotopic (exact) mass is 192 g/mol. The van der Waals surface area contributed by atoms with E-state index in [4.69, 9.17) is 0 Å². The number of non-ortho nitro benzene ring substituents is 1. The van der Waals surface area contributed by atoms with E-state index in [0.717, 1.165) is 18.5 Å². The molecule has 0 aliphatic carbocycles. The van der Waals surface area contributed by atoms with Crippen LogP contribution in [0.5, 0.6) is 0 Å². The van der Waals surface area contributed by atoms with Crippen molar-refractivity contribution in [3.05, 3.63) is 39.9 Å². The molecule has 1 unspecified atom stereocenters. The van der Waals surface area contributed by atoms with Crippen LogP contribution >= 0.6 is 0 Å². The summed E-state index contributed by atoms with van der Waals surface area (Å²) in [6.45, 7) is 1.04. The van der Waals surface area contributed by atoms with Crippen molar-refractivity contribution in [2.75, 3.05) is 6.54 Å². The molecule has 1 aromatic rings. The summed E-state index contributed by atoms with van der Waals surface area (Å²) in [7, 11) is 0. The summed E-state index contributed by atoms with van der Waals surface area (Å²) in [5.41, 5.74) is 1.31. The van der Waals surface area contributed by atoms with Crippen LogP contribution in [0.25, 0.3) is 0 Å². The summed E-state index contributed by atoms with van der Waals surface area (Å²) >= 11 is 0. The van der Waals surface area contributed by atoms with Crippen LogP contribution in [0.2, 0.25) is 0 Å². The van der Waals surface area contributed by atoms with Gasteiger partial charge in [0.2, 0.25) is 0 Å². The molecule has 0 saturated carbocycles. The number of hydrogen-bond acceptors (Lipinski definition) is 3. The lowest BCUT2D eigenvalue weighted by Crippen LogP contribution is -2.12. The third-order valence-electron chi connectivity index (χ3n) is 2.57. The first-order valence-corrected chi connectivity index (χ1v) is 4.75. The lowest BCUT2D eigenvalue weighted by molar-refractivity contribution is -0.384. The number of rotatable bonds is 2. The molecule has 4 nitrogen and oxygen atoms in total. The first-order valence-electron chi connectivity index (χ1n) is 4.75. The summed E-state index contributed by atoms with van der Waals surface area (Å²) in [6, 6.07) is 7.18. The summed E-state index contributed by atoms with van der Waals surface area (Å²) in [5.74, 6) is 0. The van der Waals surface area contributed by atoms with Crippen LogP contribution in [0.3, 0.4) is 0 Å². The van der Waals surface area contributed by atoms with Crippen LogP contribution in [-0.2, 0) is 0 Å². The predicted molar refractivity (Wildman–Crippen MR) is 53.1 cm³/mol. The maximum absolute atomic E-state index is 10.4. The van der Waals surface area contributed by atoms with Crippen molar-refractivity contribution in [3.63, 3.8) is 0 Å². The van der Waals surface area contributed by atoms with Crippen LogP contribution in [0.15, 0.2) is 24.3 Å². The maximum atomic E-state index is 10.4. The lowest BCUT2D eigenvalue weighted by Gasteiger charge is -2.09. The molecular weight excluding hydrogens is 180 g/mol. The van der Waals surface area contributed by atoms with Crippen molar-refractivity contribution < 1.29 is 4.92 Å². The summed E-state index contributed by atoms with van der Waals surface area (Å²) in [6.07, 6.45) is 2.31. The van der Waals surface area contributed by atoms with Gasteiger partial charge in [0.1, 0.15) is 0 Å². The minimum Gasteiger partial charge on any atom is -0.310 e. The summed E-state index contributed by atoms with van der Waals surface area (Å²) < 4.78 is 0. The number of nitrogens with one attached hydrogen (secondary N) is 1. The lowest BCUT2D eigenvalue weighted by atomic mass is 10.1. The highest BCUT2D eigenvalue weighted by atomic mass is 16.6. The third-order valence-corrected chi connectivity index (χ3v) is 2.57. The molecule has 74 valence electrons. The van der Waals surface area contributed by atoms with Gasteiger partial charge in [-0.15, -0.1) is 0 Å². The Hall–Kier alpha value is -1.42. The van der Waals surface area contributed by atoms with Gasteiger partial charge in [0.05, 0.1) is 4.92 Å². The van der Waals surface area contributed by atoms with Gasteiger partial charge in [-0.1, -0.05) is 12.1 Å². The number of nitro benzene ring substituents is 1. The second-order valence-corrected chi connectivity index (χ2v) is 3.50. The number of benzene rings is 1. The van der Waals surface area contributed by atoms with Crippen molar-refractivity contribution >= 4 is 5.69 Å². The molecule has 1 N–H and O–H groups in total. The minimum atomic E-state index is -0.369. The summed E-state index contributed by atoms with van der Waals surface area (Å²) in [4.78, 5) is 10.1. The van der Waals surface area contributed by atoms with Gasteiger partial charge in [-0.2, -0.15) is 0 Å². The molecule has 14 heavy (non-hydrogen) atoms. The van der Waals surface area contributed by atoms with Crippen molar-refractivity contribution in [2.45, 2.75) is 18.9 Å². The van der Waals surface area contributed by atoms with Crippen LogP contribution in [0.1, 0.15) is 24.4 Å². The van der Waals surface area contributed by atoms with Crippen LogP contribution in [0, 0.1) is 10.1 Å². The smallest absolute Gasteiger partial charge is 0.269 e. The Labute approximate surface area is 82.1 Å². The second kappa shape index (κ2) is 3.75. The Kier molecular flexibility index (Phi) is 2.45. The molecule has 4 heteroatoms. The van der Waals surface area contributed by atoms with E-state index in [0.29, 0.717) is 6.04 Å². The van der Waals surface area contributed by atoms with Gasteiger partial charge in [-0.05, 0) is 24.9 Å². The number of nitro groups is 1. The zero-order valence-corrected chi connectivity index (χ0v) is 7.77. The van der Waals surface area contributed by atoms with Gasteiger partial charge < -0.3 is 5.32 Å². The van der Waals surface area contributed by atoms with Crippen molar-refractivity contribution in [1.82, 2.24) is 5.32 Å².